The van der Waals surface area contributed by atoms with Crippen molar-refractivity contribution in [2.45, 2.75) is 6.92 Å². The molecule has 5 nitrogen and oxygen atoms in total. The van der Waals surface area contributed by atoms with Crippen LogP contribution in [0, 0.1) is 6.92 Å². The number of amides is 1. The van der Waals surface area contributed by atoms with Gasteiger partial charge in [0, 0.05) is 11.8 Å². The summed E-state index contributed by atoms with van der Waals surface area (Å²) in [5.41, 5.74) is 0.902. The maximum atomic E-state index is 11.5. The number of para-hydroxylation sites is 1. The highest BCUT2D eigenvalue weighted by molar-refractivity contribution is 5.92. The van der Waals surface area contributed by atoms with E-state index in [1.807, 2.05) is 30.3 Å². The van der Waals surface area contributed by atoms with Crippen molar-refractivity contribution >= 4 is 17.4 Å². The minimum atomic E-state index is -0.165. The molecule has 0 unspecified atom stereocenters. The molecule has 2 aromatic rings. The zero-order valence-electron chi connectivity index (χ0n) is 9.43. The second-order valence-electron chi connectivity index (χ2n) is 3.59. The highest BCUT2D eigenvalue weighted by Gasteiger charge is 2.05. The number of hydrogen-bond acceptors (Lipinski definition) is 4. The zero-order valence-corrected chi connectivity index (χ0v) is 9.43. The van der Waals surface area contributed by atoms with Crippen LogP contribution in [0.4, 0.5) is 11.5 Å². The summed E-state index contributed by atoms with van der Waals surface area (Å²) in [6.07, 6.45) is 0. The van der Waals surface area contributed by atoms with Gasteiger partial charge in [-0.1, -0.05) is 23.4 Å². The lowest BCUT2D eigenvalue weighted by molar-refractivity contribution is -0.114. The van der Waals surface area contributed by atoms with Crippen LogP contribution in [0.2, 0.25) is 0 Å². The Labute approximate surface area is 98.8 Å². The van der Waals surface area contributed by atoms with Crippen molar-refractivity contribution < 1.29 is 9.32 Å². The molecule has 0 aliphatic rings. The van der Waals surface area contributed by atoms with Crippen molar-refractivity contribution in [1.82, 2.24) is 5.16 Å². The SMILES string of the molecule is Cc1cc(NC(=O)CNc2ccccc2)no1. The summed E-state index contributed by atoms with van der Waals surface area (Å²) in [5, 5.41) is 9.30. The first-order valence-electron chi connectivity index (χ1n) is 5.26. The molecule has 0 fully saturated rings. The maximum Gasteiger partial charge on any atom is 0.244 e. The standard InChI is InChI=1S/C12H13N3O2/c1-9-7-11(15-17-9)14-12(16)8-13-10-5-3-2-4-6-10/h2-7,13H,8H2,1H3,(H,14,15,16). The minimum Gasteiger partial charge on any atom is -0.376 e. The molecule has 0 bridgehead atoms. The second-order valence-corrected chi connectivity index (χ2v) is 3.59. The summed E-state index contributed by atoms with van der Waals surface area (Å²) in [4.78, 5) is 11.5. The molecule has 2 N–H and O–H groups in total. The van der Waals surface area contributed by atoms with Crippen LogP contribution in [0.1, 0.15) is 5.76 Å². The zero-order chi connectivity index (χ0) is 12.1. The summed E-state index contributed by atoms with van der Waals surface area (Å²) in [6, 6.07) is 11.2. The molecule has 0 saturated heterocycles. The van der Waals surface area contributed by atoms with E-state index in [-0.39, 0.29) is 12.5 Å². The first-order valence-corrected chi connectivity index (χ1v) is 5.26. The van der Waals surface area contributed by atoms with Gasteiger partial charge in [-0.25, -0.2) is 0 Å². The Morgan fingerprint density at radius 3 is 2.76 bits per heavy atom. The molecule has 1 aromatic heterocycles. The van der Waals surface area contributed by atoms with Crippen molar-refractivity contribution in [3.05, 3.63) is 42.2 Å². The molecule has 1 aromatic carbocycles. The molecule has 0 aliphatic heterocycles. The van der Waals surface area contributed by atoms with Crippen molar-refractivity contribution in [3.63, 3.8) is 0 Å². The van der Waals surface area contributed by atoms with E-state index in [0.29, 0.717) is 11.6 Å². The molecular weight excluding hydrogens is 218 g/mol. The average molecular weight is 231 g/mol. The molecule has 0 saturated carbocycles. The molecule has 1 heterocycles. The van der Waals surface area contributed by atoms with Crippen molar-refractivity contribution in [1.29, 1.82) is 0 Å². The average Bonchev–Trinajstić information content (AvgIpc) is 2.73. The van der Waals surface area contributed by atoms with Gasteiger partial charge < -0.3 is 15.2 Å². The van der Waals surface area contributed by atoms with Crippen LogP contribution in [0.3, 0.4) is 0 Å². The molecule has 88 valence electrons. The Morgan fingerprint density at radius 2 is 2.12 bits per heavy atom. The molecule has 0 spiro atoms. The van der Waals surface area contributed by atoms with E-state index in [4.69, 9.17) is 4.52 Å². The van der Waals surface area contributed by atoms with E-state index in [1.165, 1.54) is 0 Å². The van der Waals surface area contributed by atoms with Crippen molar-refractivity contribution in [3.8, 4) is 0 Å². The Bertz CT molecular complexity index is 493. The fourth-order valence-electron chi connectivity index (χ4n) is 1.35. The van der Waals surface area contributed by atoms with Crippen molar-refractivity contribution in [2.24, 2.45) is 0 Å². The van der Waals surface area contributed by atoms with Crippen LogP contribution in [0.25, 0.3) is 0 Å². The normalized spacial score (nSPS) is 9.94. The monoisotopic (exact) mass is 231 g/mol. The van der Waals surface area contributed by atoms with Gasteiger partial charge in [0.05, 0.1) is 6.54 Å². The Balaban J connectivity index is 1.82. The number of carbonyl (C=O) groups is 1. The lowest BCUT2D eigenvalue weighted by atomic mass is 10.3. The molecule has 2 rings (SSSR count). The summed E-state index contributed by atoms with van der Waals surface area (Å²) in [6.45, 7) is 1.96. The van der Waals surface area contributed by atoms with Crippen molar-refractivity contribution in [2.75, 3.05) is 17.2 Å². The van der Waals surface area contributed by atoms with Gasteiger partial charge in [-0.2, -0.15) is 0 Å². The molecular formula is C12H13N3O2. The number of anilines is 2. The number of nitrogens with zero attached hydrogens (tertiary/aromatic N) is 1. The molecule has 0 aliphatic carbocycles. The topological polar surface area (TPSA) is 67.2 Å². The number of aryl methyl sites for hydroxylation is 1. The fourth-order valence-corrected chi connectivity index (χ4v) is 1.35. The fraction of sp³-hybridized carbons (Fsp3) is 0.167. The highest BCUT2D eigenvalue weighted by Crippen LogP contribution is 2.07. The first kappa shape index (κ1) is 11.2. The lowest BCUT2D eigenvalue weighted by Gasteiger charge is -2.05. The minimum absolute atomic E-state index is 0.165. The van der Waals surface area contributed by atoms with E-state index in [9.17, 15) is 4.79 Å². The number of aromatic nitrogens is 1. The summed E-state index contributed by atoms with van der Waals surface area (Å²) in [7, 11) is 0. The summed E-state index contributed by atoms with van der Waals surface area (Å²) in [5.74, 6) is 0.931. The van der Waals surface area contributed by atoms with Crippen LogP contribution < -0.4 is 10.6 Å². The number of benzene rings is 1. The number of rotatable bonds is 4. The largest absolute Gasteiger partial charge is 0.376 e. The summed E-state index contributed by atoms with van der Waals surface area (Å²) < 4.78 is 4.84. The molecule has 0 radical (unpaired) electrons. The van der Waals surface area contributed by atoms with Crippen LogP contribution in [0.5, 0.6) is 0 Å². The van der Waals surface area contributed by atoms with Gasteiger partial charge in [0.25, 0.3) is 0 Å². The van der Waals surface area contributed by atoms with E-state index in [1.54, 1.807) is 13.0 Å². The predicted molar refractivity (Wildman–Crippen MR) is 64.8 cm³/mol. The van der Waals surface area contributed by atoms with Gasteiger partial charge in [0.15, 0.2) is 5.82 Å². The predicted octanol–water partition coefficient (Wildman–Crippen LogP) is 2.03. The number of hydrogen-bond donors (Lipinski definition) is 2. The first-order chi connectivity index (χ1) is 8.24. The van der Waals surface area contributed by atoms with E-state index >= 15 is 0 Å². The van der Waals surface area contributed by atoms with Gasteiger partial charge >= 0.3 is 0 Å². The van der Waals surface area contributed by atoms with Gasteiger partial charge in [-0.3, -0.25) is 4.79 Å². The Kier molecular flexibility index (Phi) is 3.40. The molecule has 0 atom stereocenters. The summed E-state index contributed by atoms with van der Waals surface area (Å²) >= 11 is 0. The number of carbonyl (C=O) groups excluding carboxylic acids is 1. The quantitative estimate of drug-likeness (QED) is 0.844. The number of nitrogens with one attached hydrogen (secondary N) is 2. The smallest absolute Gasteiger partial charge is 0.244 e. The van der Waals surface area contributed by atoms with Gasteiger partial charge in [-0.15, -0.1) is 0 Å². The van der Waals surface area contributed by atoms with E-state index in [2.05, 4.69) is 15.8 Å². The Morgan fingerprint density at radius 1 is 1.35 bits per heavy atom. The van der Waals surface area contributed by atoms with E-state index in [0.717, 1.165) is 5.69 Å². The van der Waals surface area contributed by atoms with Crippen LogP contribution in [-0.4, -0.2) is 17.6 Å². The van der Waals surface area contributed by atoms with Crippen LogP contribution >= 0.6 is 0 Å². The van der Waals surface area contributed by atoms with Gasteiger partial charge in [0.2, 0.25) is 5.91 Å². The third-order valence-corrected chi connectivity index (χ3v) is 2.12. The molecule has 5 heteroatoms. The third-order valence-electron chi connectivity index (χ3n) is 2.12. The second kappa shape index (κ2) is 5.16. The maximum absolute atomic E-state index is 11.5. The van der Waals surface area contributed by atoms with Gasteiger partial charge in [0.1, 0.15) is 5.76 Å². The molecule has 17 heavy (non-hydrogen) atoms. The van der Waals surface area contributed by atoms with Gasteiger partial charge in [-0.05, 0) is 19.1 Å². The highest BCUT2D eigenvalue weighted by atomic mass is 16.5. The third kappa shape index (κ3) is 3.34. The van der Waals surface area contributed by atoms with Crippen LogP contribution in [0.15, 0.2) is 40.9 Å². The van der Waals surface area contributed by atoms with E-state index < -0.39 is 0 Å². The lowest BCUT2D eigenvalue weighted by Crippen LogP contribution is -2.21. The Hall–Kier alpha value is -2.30. The molecule has 1 amide bonds. The van der Waals surface area contributed by atoms with Crippen LogP contribution in [-0.2, 0) is 4.79 Å².